The topological polar surface area (TPSA) is 89.9 Å². The summed E-state index contributed by atoms with van der Waals surface area (Å²) in [6.45, 7) is 14.5. The van der Waals surface area contributed by atoms with Gasteiger partial charge in [-0.3, -0.25) is 4.90 Å². The van der Waals surface area contributed by atoms with Crippen LogP contribution in [0.3, 0.4) is 0 Å². The van der Waals surface area contributed by atoms with E-state index >= 15 is 0 Å². The minimum absolute atomic E-state index is 0.0195. The standard InChI is InChI=1S/C32H53NO7Si/c1-25(34)31(35)30(39-24-37-6)19-29(38-23-36-5)28(22-40-41(7,8)32(2,3)4)33(20-26-15-11-9-12-16-26)21-27-17-13-10-14-18-27/h9-18,25,28-31,34-35H,19-24H2,1-8H3/t25-,28-,29+,30-,31+/m1/s1. The van der Waals surface area contributed by atoms with Crippen LogP contribution in [0.15, 0.2) is 60.7 Å². The number of hydrogen-bond acceptors (Lipinski definition) is 8. The Labute approximate surface area is 248 Å². The molecule has 0 aliphatic carbocycles. The van der Waals surface area contributed by atoms with Gasteiger partial charge in [-0.05, 0) is 36.2 Å². The lowest BCUT2D eigenvalue weighted by molar-refractivity contribution is -0.169. The number of aliphatic hydroxyl groups excluding tert-OH is 2. The average Bonchev–Trinajstić information content (AvgIpc) is 2.93. The highest BCUT2D eigenvalue weighted by Crippen LogP contribution is 2.37. The minimum Gasteiger partial charge on any atom is -0.415 e. The lowest BCUT2D eigenvalue weighted by atomic mass is 9.97. The van der Waals surface area contributed by atoms with Crippen LogP contribution in [0.4, 0.5) is 0 Å². The van der Waals surface area contributed by atoms with Crippen LogP contribution >= 0.6 is 0 Å². The maximum atomic E-state index is 10.9. The lowest BCUT2D eigenvalue weighted by Crippen LogP contribution is -2.53. The highest BCUT2D eigenvalue weighted by atomic mass is 28.4. The van der Waals surface area contributed by atoms with E-state index in [0.29, 0.717) is 26.1 Å². The molecule has 232 valence electrons. The zero-order valence-electron chi connectivity index (χ0n) is 26.3. The first-order chi connectivity index (χ1) is 19.4. The van der Waals surface area contributed by atoms with Crippen molar-refractivity contribution in [3.8, 4) is 0 Å². The molecule has 0 saturated carbocycles. The van der Waals surface area contributed by atoms with Gasteiger partial charge in [-0.15, -0.1) is 0 Å². The summed E-state index contributed by atoms with van der Waals surface area (Å²) in [7, 11) is 0.991. The molecule has 41 heavy (non-hydrogen) atoms. The van der Waals surface area contributed by atoms with Crippen molar-refractivity contribution < 1.29 is 33.6 Å². The summed E-state index contributed by atoms with van der Waals surface area (Å²) in [5.41, 5.74) is 2.34. The Balaban J connectivity index is 2.56. The summed E-state index contributed by atoms with van der Waals surface area (Å²) in [5, 5.41) is 21.2. The Hall–Kier alpha value is -1.66. The Bertz CT molecular complexity index is 914. The van der Waals surface area contributed by atoms with Crippen LogP contribution in [0.2, 0.25) is 18.1 Å². The van der Waals surface area contributed by atoms with E-state index in [1.54, 1.807) is 14.0 Å². The third kappa shape index (κ3) is 11.9. The smallest absolute Gasteiger partial charge is 0.192 e. The van der Waals surface area contributed by atoms with E-state index in [9.17, 15) is 10.2 Å². The predicted molar refractivity (Wildman–Crippen MR) is 165 cm³/mol. The number of methoxy groups -OCH3 is 2. The van der Waals surface area contributed by atoms with E-state index < -0.39 is 32.7 Å². The van der Waals surface area contributed by atoms with Crippen molar-refractivity contribution in [3.63, 3.8) is 0 Å². The Morgan fingerprint density at radius 1 is 0.780 bits per heavy atom. The SMILES string of the molecule is COCO[C@@H](C[C@@H](OCOC)[C@@H](O)[C@@H](C)O)[C@@H](CO[Si](C)(C)C(C)(C)C)N(Cc1ccccc1)Cc1ccccc1. The molecule has 0 radical (unpaired) electrons. The summed E-state index contributed by atoms with van der Waals surface area (Å²) < 4.78 is 29.6. The molecule has 2 rings (SSSR count). The molecule has 0 aromatic heterocycles. The molecule has 2 aromatic carbocycles. The van der Waals surface area contributed by atoms with Crippen molar-refractivity contribution in [2.75, 3.05) is 34.4 Å². The molecule has 0 spiro atoms. The number of ether oxygens (including phenoxy) is 4. The molecule has 9 heteroatoms. The van der Waals surface area contributed by atoms with E-state index in [1.807, 2.05) is 36.4 Å². The van der Waals surface area contributed by atoms with E-state index in [4.69, 9.17) is 23.4 Å². The van der Waals surface area contributed by atoms with Crippen LogP contribution in [0, 0.1) is 0 Å². The van der Waals surface area contributed by atoms with Gasteiger partial charge in [0.25, 0.3) is 0 Å². The molecule has 0 heterocycles. The number of rotatable bonds is 19. The third-order valence-electron chi connectivity index (χ3n) is 7.92. The van der Waals surface area contributed by atoms with Crippen molar-refractivity contribution in [1.29, 1.82) is 0 Å². The fraction of sp³-hybridized carbons (Fsp3) is 0.625. The minimum atomic E-state index is -2.13. The van der Waals surface area contributed by atoms with Gasteiger partial charge in [-0.2, -0.15) is 0 Å². The molecule has 2 N–H and O–H groups in total. The van der Waals surface area contributed by atoms with E-state index in [0.717, 1.165) is 0 Å². The molecule has 0 saturated heterocycles. The highest BCUT2D eigenvalue weighted by Gasteiger charge is 2.40. The number of hydrogen-bond donors (Lipinski definition) is 2. The molecular formula is C32H53NO7Si. The normalized spacial score (nSPS) is 16.4. The first-order valence-electron chi connectivity index (χ1n) is 14.4. The zero-order chi connectivity index (χ0) is 30.5. The van der Waals surface area contributed by atoms with Crippen LogP contribution in [0.25, 0.3) is 0 Å². The second-order valence-corrected chi connectivity index (χ2v) is 17.0. The third-order valence-corrected chi connectivity index (χ3v) is 12.4. The monoisotopic (exact) mass is 591 g/mol. The molecule has 2 aromatic rings. The Morgan fingerprint density at radius 2 is 1.24 bits per heavy atom. The zero-order valence-corrected chi connectivity index (χ0v) is 27.3. The summed E-state index contributed by atoms with van der Waals surface area (Å²) in [5.74, 6) is 0. The van der Waals surface area contributed by atoms with Gasteiger partial charge in [0.15, 0.2) is 8.32 Å². The summed E-state index contributed by atoms with van der Waals surface area (Å²) in [6.07, 6.45) is -3.02. The molecule has 0 aliphatic heterocycles. The van der Waals surface area contributed by atoms with Crippen LogP contribution in [-0.4, -0.2) is 88.3 Å². The van der Waals surface area contributed by atoms with Gasteiger partial charge in [0, 0.05) is 33.7 Å². The fourth-order valence-electron chi connectivity index (χ4n) is 4.38. The van der Waals surface area contributed by atoms with Gasteiger partial charge in [0.2, 0.25) is 0 Å². The number of aliphatic hydroxyl groups is 2. The second-order valence-electron chi connectivity index (χ2n) is 12.2. The largest absolute Gasteiger partial charge is 0.415 e. The van der Waals surface area contributed by atoms with Crippen molar-refractivity contribution in [1.82, 2.24) is 4.90 Å². The average molecular weight is 592 g/mol. The van der Waals surface area contributed by atoms with Crippen LogP contribution in [0.1, 0.15) is 45.2 Å². The van der Waals surface area contributed by atoms with Crippen molar-refractivity contribution >= 4 is 8.32 Å². The van der Waals surface area contributed by atoms with E-state index in [2.05, 4.69) is 63.0 Å². The first-order valence-corrected chi connectivity index (χ1v) is 17.3. The summed E-state index contributed by atoms with van der Waals surface area (Å²) >= 11 is 0. The van der Waals surface area contributed by atoms with E-state index in [1.165, 1.54) is 18.2 Å². The molecule has 0 unspecified atom stereocenters. The molecule has 0 amide bonds. The Morgan fingerprint density at radius 3 is 1.66 bits per heavy atom. The van der Waals surface area contributed by atoms with Crippen molar-refractivity contribution in [2.24, 2.45) is 0 Å². The second kappa shape index (κ2) is 17.5. The van der Waals surface area contributed by atoms with Gasteiger partial charge >= 0.3 is 0 Å². The first kappa shape index (κ1) is 35.5. The maximum absolute atomic E-state index is 10.9. The van der Waals surface area contributed by atoms with Crippen molar-refractivity contribution in [3.05, 3.63) is 71.8 Å². The van der Waals surface area contributed by atoms with Gasteiger partial charge in [-0.25, -0.2) is 0 Å². The van der Waals surface area contributed by atoms with Crippen LogP contribution in [-0.2, 0) is 36.5 Å². The molecule has 0 aliphatic rings. The maximum Gasteiger partial charge on any atom is 0.192 e. The highest BCUT2D eigenvalue weighted by molar-refractivity contribution is 6.74. The quantitative estimate of drug-likeness (QED) is 0.171. The molecule has 8 nitrogen and oxygen atoms in total. The van der Waals surface area contributed by atoms with Gasteiger partial charge in [0.1, 0.15) is 19.7 Å². The fourth-order valence-corrected chi connectivity index (χ4v) is 5.40. The number of nitrogens with zero attached hydrogens (tertiary/aromatic N) is 1. The lowest BCUT2D eigenvalue weighted by Gasteiger charge is -2.42. The summed E-state index contributed by atoms with van der Waals surface area (Å²) in [4.78, 5) is 2.38. The van der Waals surface area contributed by atoms with Crippen LogP contribution in [0.5, 0.6) is 0 Å². The molecule has 5 atom stereocenters. The van der Waals surface area contributed by atoms with Crippen LogP contribution < -0.4 is 0 Å². The van der Waals surface area contributed by atoms with Crippen molar-refractivity contribution in [2.45, 2.75) is 95.8 Å². The van der Waals surface area contributed by atoms with E-state index in [-0.39, 0.29) is 24.7 Å². The molecule has 0 fully saturated rings. The predicted octanol–water partition coefficient (Wildman–Crippen LogP) is 5.19. The summed E-state index contributed by atoms with van der Waals surface area (Å²) in [6, 6.07) is 20.5. The number of benzene rings is 2. The van der Waals surface area contributed by atoms with Gasteiger partial charge < -0.3 is 33.6 Å². The van der Waals surface area contributed by atoms with Gasteiger partial charge in [0.05, 0.1) is 31.0 Å². The van der Waals surface area contributed by atoms with Gasteiger partial charge in [-0.1, -0.05) is 81.4 Å². The molecule has 0 bridgehead atoms. The molecular weight excluding hydrogens is 538 g/mol. The Kier molecular flexibility index (Phi) is 15.1.